The summed E-state index contributed by atoms with van der Waals surface area (Å²) in [6.07, 6.45) is 1.93. The average molecular weight is 265 g/mol. The molecule has 1 aromatic rings. The molecule has 0 aromatic heterocycles. The van der Waals surface area contributed by atoms with Gasteiger partial charge < -0.3 is 15.2 Å². The molecule has 0 aliphatic rings. The van der Waals surface area contributed by atoms with Gasteiger partial charge in [-0.2, -0.15) is 0 Å². The minimum absolute atomic E-state index is 0.452. The van der Waals surface area contributed by atoms with Crippen LogP contribution in [-0.2, 0) is 9.53 Å². The van der Waals surface area contributed by atoms with Crippen molar-refractivity contribution in [2.45, 2.75) is 25.7 Å². The first-order valence-corrected chi connectivity index (χ1v) is 6.82. The molecule has 4 heteroatoms. The first-order chi connectivity index (χ1) is 9.25. The maximum absolute atomic E-state index is 11.2. The molecule has 0 fully saturated rings. The molecule has 1 rings (SSSR count). The van der Waals surface area contributed by atoms with Crippen molar-refractivity contribution in [3.8, 4) is 0 Å². The van der Waals surface area contributed by atoms with Crippen LogP contribution in [0, 0.1) is 0 Å². The van der Waals surface area contributed by atoms with Crippen LogP contribution in [0.1, 0.15) is 31.2 Å². The zero-order valence-electron chi connectivity index (χ0n) is 11.5. The van der Waals surface area contributed by atoms with E-state index in [2.05, 4.69) is 12.2 Å². The van der Waals surface area contributed by atoms with Crippen LogP contribution in [0.5, 0.6) is 0 Å². The van der Waals surface area contributed by atoms with E-state index in [9.17, 15) is 9.90 Å². The molecule has 0 aliphatic heterocycles. The Hall–Kier alpha value is -1.39. The van der Waals surface area contributed by atoms with Gasteiger partial charge in [-0.25, -0.2) is 0 Å². The molecule has 0 bridgehead atoms. The van der Waals surface area contributed by atoms with Crippen LogP contribution in [-0.4, -0.2) is 37.4 Å². The van der Waals surface area contributed by atoms with Crippen molar-refractivity contribution in [1.29, 1.82) is 0 Å². The van der Waals surface area contributed by atoms with Crippen molar-refractivity contribution >= 4 is 5.97 Å². The van der Waals surface area contributed by atoms with Crippen molar-refractivity contribution in [1.82, 2.24) is 5.32 Å². The third-order valence-electron chi connectivity index (χ3n) is 2.84. The number of carbonyl (C=O) groups is 1. The number of aliphatic carboxylic acids is 1. The van der Waals surface area contributed by atoms with Crippen molar-refractivity contribution < 1.29 is 14.6 Å². The molecule has 2 N–H and O–H groups in total. The summed E-state index contributed by atoms with van der Waals surface area (Å²) in [6.45, 7) is 4.83. The van der Waals surface area contributed by atoms with E-state index in [4.69, 9.17) is 4.74 Å². The van der Waals surface area contributed by atoms with Gasteiger partial charge in [-0.05, 0) is 24.9 Å². The molecule has 1 atom stereocenters. The quantitative estimate of drug-likeness (QED) is 0.637. The lowest BCUT2D eigenvalue weighted by Crippen LogP contribution is -2.28. The van der Waals surface area contributed by atoms with Gasteiger partial charge >= 0.3 is 5.97 Å². The number of benzene rings is 1. The fraction of sp³-hybridized carbons (Fsp3) is 0.533. The predicted octanol–water partition coefficient (Wildman–Crippen LogP) is 2.26. The highest BCUT2D eigenvalue weighted by Gasteiger charge is 2.18. The Morgan fingerprint density at radius 3 is 2.68 bits per heavy atom. The number of hydrogen-bond acceptors (Lipinski definition) is 3. The van der Waals surface area contributed by atoms with E-state index in [1.807, 2.05) is 30.3 Å². The normalized spacial score (nSPS) is 12.3. The molecule has 0 saturated heterocycles. The zero-order chi connectivity index (χ0) is 13.9. The summed E-state index contributed by atoms with van der Waals surface area (Å²) in [5.41, 5.74) is 0.838. The SMILES string of the molecule is CCCOCCCNCC(C(=O)O)c1ccccc1. The average Bonchev–Trinajstić information content (AvgIpc) is 2.42. The molecule has 0 radical (unpaired) electrons. The van der Waals surface area contributed by atoms with E-state index in [0.29, 0.717) is 6.54 Å². The second-order valence-electron chi connectivity index (χ2n) is 4.47. The first-order valence-electron chi connectivity index (χ1n) is 6.82. The number of hydrogen-bond donors (Lipinski definition) is 2. The highest BCUT2D eigenvalue weighted by Crippen LogP contribution is 2.14. The van der Waals surface area contributed by atoms with Gasteiger partial charge in [0.15, 0.2) is 0 Å². The molecule has 106 valence electrons. The summed E-state index contributed by atoms with van der Waals surface area (Å²) in [5, 5.41) is 12.4. The highest BCUT2D eigenvalue weighted by atomic mass is 16.5. The van der Waals surface area contributed by atoms with Gasteiger partial charge in [-0.3, -0.25) is 4.79 Å². The van der Waals surface area contributed by atoms with Gasteiger partial charge in [0.2, 0.25) is 0 Å². The number of carboxylic acid groups (broad SMARTS) is 1. The topological polar surface area (TPSA) is 58.6 Å². The largest absolute Gasteiger partial charge is 0.481 e. The standard InChI is InChI=1S/C15H23NO3/c1-2-10-19-11-6-9-16-12-14(15(17)18)13-7-4-3-5-8-13/h3-5,7-8,14,16H,2,6,9-12H2,1H3,(H,17,18). The first kappa shape index (κ1) is 15.7. The Morgan fingerprint density at radius 2 is 2.05 bits per heavy atom. The molecule has 0 heterocycles. The summed E-state index contributed by atoms with van der Waals surface area (Å²) < 4.78 is 5.37. The van der Waals surface area contributed by atoms with Gasteiger partial charge in [0.25, 0.3) is 0 Å². The van der Waals surface area contributed by atoms with Crippen LogP contribution in [0.2, 0.25) is 0 Å². The molecule has 0 saturated carbocycles. The van der Waals surface area contributed by atoms with E-state index in [1.54, 1.807) is 0 Å². The molecule has 19 heavy (non-hydrogen) atoms. The Balaban J connectivity index is 2.26. The van der Waals surface area contributed by atoms with Crippen LogP contribution in [0.25, 0.3) is 0 Å². The molecule has 1 aromatic carbocycles. The molecule has 4 nitrogen and oxygen atoms in total. The van der Waals surface area contributed by atoms with E-state index in [0.717, 1.165) is 38.2 Å². The minimum Gasteiger partial charge on any atom is -0.481 e. The molecule has 0 aliphatic carbocycles. The lowest BCUT2D eigenvalue weighted by Gasteiger charge is -2.13. The van der Waals surface area contributed by atoms with Gasteiger partial charge in [0.05, 0.1) is 5.92 Å². The summed E-state index contributed by atoms with van der Waals surface area (Å²) >= 11 is 0. The van der Waals surface area contributed by atoms with E-state index in [1.165, 1.54) is 0 Å². The number of ether oxygens (including phenoxy) is 1. The predicted molar refractivity (Wildman–Crippen MR) is 75.4 cm³/mol. The molecule has 0 spiro atoms. The smallest absolute Gasteiger partial charge is 0.312 e. The van der Waals surface area contributed by atoms with Gasteiger partial charge in [0, 0.05) is 19.8 Å². The Bertz CT molecular complexity index is 354. The number of carboxylic acids is 1. The molecular weight excluding hydrogens is 242 g/mol. The summed E-state index contributed by atoms with van der Waals surface area (Å²) in [5.74, 6) is -1.28. The summed E-state index contributed by atoms with van der Waals surface area (Å²) in [7, 11) is 0. The summed E-state index contributed by atoms with van der Waals surface area (Å²) in [6, 6.07) is 9.32. The van der Waals surface area contributed by atoms with Crippen molar-refractivity contribution in [3.05, 3.63) is 35.9 Å². The van der Waals surface area contributed by atoms with Gasteiger partial charge in [-0.1, -0.05) is 37.3 Å². The van der Waals surface area contributed by atoms with Crippen LogP contribution < -0.4 is 5.32 Å². The molecule has 0 amide bonds. The fourth-order valence-corrected chi connectivity index (χ4v) is 1.83. The second-order valence-corrected chi connectivity index (χ2v) is 4.47. The number of nitrogens with one attached hydrogen (secondary N) is 1. The minimum atomic E-state index is -0.791. The third kappa shape index (κ3) is 6.36. The monoisotopic (exact) mass is 265 g/mol. The summed E-state index contributed by atoms with van der Waals surface area (Å²) in [4.78, 5) is 11.2. The Labute approximate surface area is 114 Å². The third-order valence-corrected chi connectivity index (χ3v) is 2.84. The Morgan fingerprint density at radius 1 is 1.32 bits per heavy atom. The van der Waals surface area contributed by atoms with E-state index < -0.39 is 11.9 Å². The zero-order valence-corrected chi connectivity index (χ0v) is 11.5. The number of rotatable bonds is 10. The second kappa shape index (κ2) is 9.53. The molecular formula is C15H23NO3. The van der Waals surface area contributed by atoms with Crippen LogP contribution in [0.4, 0.5) is 0 Å². The fourth-order valence-electron chi connectivity index (χ4n) is 1.83. The van der Waals surface area contributed by atoms with Crippen LogP contribution in [0.15, 0.2) is 30.3 Å². The van der Waals surface area contributed by atoms with E-state index in [-0.39, 0.29) is 0 Å². The van der Waals surface area contributed by atoms with Gasteiger partial charge in [-0.15, -0.1) is 0 Å². The molecule has 1 unspecified atom stereocenters. The lowest BCUT2D eigenvalue weighted by atomic mass is 9.99. The van der Waals surface area contributed by atoms with Gasteiger partial charge in [0.1, 0.15) is 0 Å². The maximum atomic E-state index is 11.2. The van der Waals surface area contributed by atoms with Crippen molar-refractivity contribution in [2.75, 3.05) is 26.3 Å². The van der Waals surface area contributed by atoms with Crippen LogP contribution in [0.3, 0.4) is 0 Å². The maximum Gasteiger partial charge on any atom is 0.312 e. The Kier molecular flexibility index (Phi) is 7.86. The highest BCUT2D eigenvalue weighted by molar-refractivity contribution is 5.76. The van der Waals surface area contributed by atoms with Crippen molar-refractivity contribution in [2.24, 2.45) is 0 Å². The van der Waals surface area contributed by atoms with E-state index >= 15 is 0 Å². The van der Waals surface area contributed by atoms with Crippen molar-refractivity contribution in [3.63, 3.8) is 0 Å². The van der Waals surface area contributed by atoms with Crippen LogP contribution >= 0.6 is 0 Å². The lowest BCUT2D eigenvalue weighted by molar-refractivity contribution is -0.138.